The van der Waals surface area contributed by atoms with E-state index in [-0.39, 0.29) is 0 Å². The molecule has 0 aliphatic carbocycles. The Morgan fingerprint density at radius 2 is 1.83 bits per heavy atom. The minimum absolute atomic E-state index is 0.432. The van der Waals surface area contributed by atoms with Crippen molar-refractivity contribution in [3.8, 4) is 0 Å². The smallest absolute Gasteiger partial charge is 0.00109 e. The summed E-state index contributed by atoms with van der Waals surface area (Å²) in [5.74, 6) is 0.432. The first-order valence-corrected chi connectivity index (χ1v) is 6.54. The van der Waals surface area contributed by atoms with Crippen molar-refractivity contribution < 1.29 is 0 Å². The molecular formula is C17H21N. The van der Waals surface area contributed by atoms with Gasteiger partial charge in [0.05, 0.1) is 0 Å². The van der Waals surface area contributed by atoms with Crippen molar-refractivity contribution in [2.24, 2.45) is 5.73 Å². The fourth-order valence-electron chi connectivity index (χ4n) is 2.17. The van der Waals surface area contributed by atoms with Crippen molar-refractivity contribution in [1.82, 2.24) is 0 Å². The van der Waals surface area contributed by atoms with E-state index >= 15 is 0 Å². The zero-order valence-electron chi connectivity index (χ0n) is 11.2. The number of hydrogen-bond donors (Lipinski definition) is 1. The second-order valence-electron chi connectivity index (χ2n) is 4.99. The zero-order chi connectivity index (χ0) is 13.0. The molecule has 0 bridgehead atoms. The van der Waals surface area contributed by atoms with Gasteiger partial charge < -0.3 is 5.73 Å². The molecule has 1 unspecified atom stereocenters. The largest absolute Gasteiger partial charge is 0.330 e. The van der Waals surface area contributed by atoms with Crippen LogP contribution in [0.3, 0.4) is 0 Å². The van der Waals surface area contributed by atoms with Crippen molar-refractivity contribution in [2.45, 2.75) is 26.2 Å². The summed E-state index contributed by atoms with van der Waals surface area (Å²) in [6.45, 7) is 5.04. The van der Waals surface area contributed by atoms with Crippen LogP contribution in [0.4, 0.5) is 0 Å². The predicted molar refractivity (Wildman–Crippen MR) is 77.9 cm³/mol. The van der Waals surface area contributed by atoms with E-state index in [0.29, 0.717) is 12.5 Å². The molecule has 94 valence electrons. The summed E-state index contributed by atoms with van der Waals surface area (Å²) >= 11 is 0. The molecule has 0 saturated carbocycles. The Hall–Kier alpha value is -1.60. The topological polar surface area (TPSA) is 26.0 Å². The third-order valence-electron chi connectivity index (χ3n) is 3.53. The molecule has 2 rings (SSSR count). The van der Waals surface area contributed by atoms with Crippen LogP contribution in [0.25, 0.3) is 0 Å². The summed E-state index contributed by atoms with van der Waals surface area (Å²) < 4.78 is 0. The molecule has 0 radical (unpaired) electrons. The molecule has 2 aromatic rings. The highest BCUT2D eigenvalue weighted by Crippen LogP contribution is 2.18. The van der Waals surface area contributed by atoms with E-state index in [0.717, 1.165) is 6.42 Å². The van der Waals surface area contributed by atoms with E-state index < -0.39 is 0 Å². The lowest BCUT2D eigenvalue weighted by atomic mass is 9.95. The van der Waals surface area contributed by atoms with Crippen LogP contribution < -0.4 is 5.73 Å². The van der Waals surface area contributed by atoms with Gasteiger partial charge >= 0.3 is 0 Å². The number of hydrogen-bond acceptors (Lipinski definition) is 1. The van der Waals surface area contributed by atoms with E-state index in [1.54, 1.807) is 0 Å². The van der Waals surface area contributed by atoms with E-state index in [1.165, 1.54) is 22.3 Å². The van der Waals surface area contributed by atoms with Gasteiger partial charge in [-0.05, 0) is 48.1 Å². The second kappa shape index (κ2) is 5.83. The minimum Gasteiger partial charge on any atom is -0.330 e. The third kappa shape index (κ3) is 2.99. The fourth-order valence-corrected chi connectivity index (χ4v) is 2.17. The first-order chi connectivity index (χ1) is 8.70. The van der Waals surface area contributed by atoms with Crippen molar-refractivity contribution in [3.05, 3.63) is 70.8 Å². The van der Waals surface area contributed by atoms with Crippen LogP contribution in [-0.2, 0) is 6.42 Å². The van der Waals surface area contributed by atoms with Gasteiger partial charge in [-0.1, -0.05) is 55.5 Å². The lowest BCUT2D eigenvalue weighted by molar-refractivity contribution is 0.772. The molecule has 0 aromatic heterocycles. The number of aryl methyl sites for hydroxylation is 1. The normalized spacial score (nSPS) is 12.4. The molecule has 18 heavy (non-hydrogen) atoms. The zero-order valence-corrected chi connectivity index (χ0v) is 11.2. The van der Waals surface area contributed by atoms with Gasteiger partial charge in [0.15, 0.2) is 0 Å². The molecule has 0 heterocycles. The van der Waals surface area contributed by atoms with Gasteiger partial charge in [-0.25, -0.2) is 0 Å². The molecule has 0 fully saturated rings. The second-order valence-corrected chi connectivity index (χ2v) is 4.99. The van der Waals surface area contributed by atoms with Crippen LogP contribution in [-0.4, -0.2) is 6.54 Å². The number of benzene rings is 2. The Bertz CT molecular complexity index is 517. The van der Waals surface area contributed by atoms with Crippen molar-refractivity contribution in [3.63, 3.8) is 0 Å². The van der Waals surface area contributed by atoms with E-state index in [2.05, 4.69) is 62.4 Å². The van der Waals surface area contributed by atoms with Gasteiger partial charge in [0.1, 0.15) is 0 Å². The first-order valence-electron chi connectivity index (χ1n) is 6.54. The maximum Gasteiger partial charge on any atom is -0.00109 e. The van der Waals surface area contributed by atoms with Crippen molar-refractivity contribution in [1.29, 1.82) is 0 Å². The molecular weight excluding hydrogens is 218 g/mol. The summed E-state index contributed by atoms with van der Waals surface area (Å²) in [4.78, 5) is 0. The average Bonchev–Trinajstić information content (AvgIpc) is 2.41. The Labute approximate surface area is 110 Å². The van der Waals surface area contributed by atoms with E-state index in [9.17, 15) is 0 Å². The monoisotopic (exact) mass is 239 g/mol. The molecule has 2 N–H and O–H groups in total. The van der Waals surface area contributed by atoms with Crippen LogP contribution in [0.15, 0.2) is 48.5 Å². The Morgan fingerprint density at radius 3 is 2.56 bits per heavy atom. The van der Waals surface area contributed by atoms with Crippen LogP contribution in [0.5, 0.6) is 0 Å². The van der Waals surface area contributed by atoms with Gasteiger partial charge in [-0.15, -0.1) is 0 Å². The van der Waals surface area contributed by atoms with Gasteiger partial charge in [0.25, 0.3) is 0 Å². The third-order valence-corrected chi connectivity index (χ3v) is 3.53. The van der Waals surface area contributed by atoms with Gasteiger partial charge in [0, 0.05) is 0 Å². The summed E-state index contributed by atoms with van der Waals surface area (Å²) in [5.41, 5.74) is 11.2. The van der Waals surface area contributed by atoms with E-state index in [4.69, 9.17) is 5.73 Å². The lowest BCUT2D eigenvalue weighted by Crippen LogP contribution is -2.09. The summed E-state index contributed by atoms with van der Waals surface area (Å²) in [7, 11) is 0. The van der Waals surface area contributed by atoms with Crippen LogP contribution >= 0.6 is 0 Å². The molecule has 0 saturated heterocycles. The highest BCUT2D eigenvalue weighted by atomic mass is 14.5. The Balaban J connectivity index is 2.22. The van der Waals surface area contributed by atoms with Crippen LogP contribution in [0, 0.1) is 6.92 Å². The predicted octanol–water partition coefficient (Wildman–Crippen LogP) is 3.65. The molecule has 1 atom stereocenters. The van der Waals surface area contributed by atoms with Gasteiger partial charge in [0.2, 0.25) is 0 Å². The van der Waals surface area contributed by atoms with E-state index in [1.807, 2.05) is 0 Å². The fraction of sp³-hybridized carbons (Fsp3) is 0.294. The standard InChI is InChI=1S/C17H21N/c1-13-6-3-4-8-16(13)10-15-7-5-9-17(11-15)14(2)12-18/h3-9,11,14H,10,12,18H2,1-2H3. The molecule has 2 aromatic carbocycles. The molecule has 1 nitrogen and oxygen atoms in total. The van der Waals surface area contributed by atoms with Gasteiger partial charge in [-0.3, -0.25) is 0 Å². The van der Waals surface area contributed by atoms with Crippen molar-refractivity contribution >= 4 is 0 Å². The Kier molecular flexibility index (Phi) is 4.16. The molecule has 0 amide bonds. The Morgan fingerprint density at radius 1 is 1.06 bits per heavy atom. The maximum absolute atomic E-state index is 5.73. The lowest BCUT2D eigenvalue weighted by Gasteiger charge is -2.11. The summed E-state index contributed by atoms with van der Waals surface area (Å²) in [6.07, 6.45) is 0.998. The summed E-state index contributed by atoms with van der Waals surface area (Å²) in [6, 6.07) is 17.3. The first kappa shape index (κ1) is 12.8. The van der Waals surface area contributed by atoms with Gasteiger partial charge in [-0.2, -0.15) is 0 Å². The maximum atomic E-state index is 5.73. The molecule has 1 heteroatoms. The quantitative estimate of drug-likeness (QED) is 0.866. The highest BCUT2D eigenvalue weighted by Gasteiger charge is 2.05. The SMILES string of the molecule is Cc1ccccc1Cc1cccc(C(C)CN)c1. The minimum atomic E-state index is 0.432. The molecule has 0 aliphatic rings. The summed E-state index contributed by atoms with van der Waals surface area (Å²) in [5, 5.41) is 0. The highest BCUT2D eigenvalue weighted by molar-refractivity contribution is 5.34. The van der Waals surface area contributed by atoms with Crippen molar-refractivity contribution in [2.75, 3.05) is 6.54 Å². The molecule has 0 spiro atoms. The number of nitrogens with two attached hydrogens (primary N) is 1. The van der Waals surface area contributed by atoms with Crippen LogP contribution in [0.2, 0.25) is 0 Å². The van der Waals surface area contributed by atoms with Crippen LogP contribution in [0.1, 0.15) is 35.1 Å². The average molecular weight is 239 g/mol. The number of rotatable bonds is 4. The molecule has 0 aliphatic heterocycles.